The van der Waals surface area contributed by atoms with Crippen molar-refractivity contribution in [2.45, 2.75) is 0 Å². The van der Waals surface area contributed by atoms with Crippen molar-refractivity contribution in [2.75, 3.05) is 0 Å². The van der Waals surface area contributed by atoms with E-state index in [1.807, 2.05) is 73.3 Å². The molecule has 0 radical (unpaired) electrons. The molecule has 0 aliphatic carbocycles. The molecule has 0 atom stereocenters. The molecule has 0 aliphatic heterocycles. The Morgan fingerprint density at radius 3 is 0.639 bits per heavy atom. The Morgan fingerprint density at radius 2 is 0.458 bits per heavy atom. The molecule has 12 aromatic rings. The SMILES string of the molecule is N#Cc1ccc(-c2ccc(-c3cc(-c4ccc(-c5ccc(C#N)nc5)nc4)c4ccc5c(-c6ccc(-c7ccc(C#N)nc7)nc6)cc(-c6ccc(-c7ccc(C#N)nc7)nc6)c6ccc3c4c65)cn2)cn1. The monoisotopic (exact) mass is 918 g/mol. The van der Waals surface area contributed by atoms with E-state index < -0.39 is 0 Å². The van der Waals surface area contributed by atoms with E-state index in [-0.39, 0.29) is 0 Å². The summed E-state index contributed by atoms with van der Waals surface area (Å²) in [5.74, 6) is 0. The van der Waals surface area contributed by atoms with E-state index in [1.54, 1.807) is 49.1 Å². The summed E-state index contributed by atoms with van der Waals surface area (Å²) >= 11 is 0. The van der Waals surface area contributed by atoms with Gasteiger partial charge in [-0.3, -0.25) is 19.9 Å². The first-order valence-electron chi connectivity index (χ1n) is 22.6. The number of pyridine rings is 8. The van der Waals surface area contributed by atoms with Crippen molar-refractivity contribution in [3.05, 3.63) is 206 Å². The fraction of sp³-hybridized carbons (Fsp3) is 0. The van der Waals surface area contributed by atoms with E-state index in [1.165, 1.54) is 0 Å². The van der Waals surface area contributed by atoms with Gasteiger partial charge < -0.3 is 0 Å². The van der Waals surface area contributed by atoms with Crippen molar-refractivity contribution >= 4 is 32.3 Å². The van der Waals surface area contributed by atoms with Gasteiger partial charge in [0, 0.05) is 94.1 Å². The standard InChI is InChI=1S/C60H30N12/c61-23-43-9-1-39(31-65-43)55-17-5-35(27-69-55)51-21-52(36-6-18-56(70-28-36)40-2-10-44(24-62)66-32-40)48-15-16-50-54(38-8-20-58(72-30-38)42-4-12-46(26-64)68-34-42)22-53(49-14-13-47(51)59(48)60(49)50)37-7-19-57(71-29-37)41-3-11-45(25-63)67-33-41/h1-22,27-34H. The minimum absolute atomic E-state index is 0.335. The predicted molar refractivity (Wildman–Crippen MR) is 275 cm³/mol. The summed E-state index contributed by atoms with van der Waals surface area (Å²) in [5.41, 5.74) is 15.0. The Kier molecular flexibility index (Phi) is 10.4. The van der Waals surface area contributed by atoms with Gasteiger partial charge in [0.2, 0.25) is 0 Å². The average molecular weight is 919 g/mol. The highest BCUT2D eigenvalue weighted by Gasteiger charge is 2.22. The van der Waals surface area contributed by atoms with Gasteiger partial charge in [-0.15, -0.1) is 0 Å². The number of hydrogen-bond donors (Lipinski definition) is 0. The summed E-state index contributed by atoms with van der Waals surface area (Å²) in [4.78, 5) is 36.8. The van der Waals surface area contributed by atoms with Crippen LogP contribution in [0.15, 0.2) is 183 Å². The lowest BCUT2D eigenvalue weighted by molar-refractivity contribution is 1.24. The highest BCUT2D eigenvalue weighted by molar-refractivity contribution is 6.32. The molecule has 72 heavy (non-hydrogen) atoms. The van der Waals surface area contributed by atoms with Crippen LogP contribution in [0.1, 0.15) is 22.8 Å². The zero-order valence-electron chi connectivity index (χ0n) is 37.7. The first-order chi connectivity index (χ1) is 35.5. The quantitative estimate of drug-likeness (QED) is 0.131. The second-order valence-electron chi connectivity index (χ2n) is 16.9. The summed E-state index contributed by atoms with van der Waals surface area (Å²) in [6.07, 6.45) is 14.2. The lowest BCUT2D eigenvalue weighted by Gasteiger charge is -2.21. The van der Waals surface area contributed by atoms with Crippen LogP contribution in [0.25, 0.3) is 122 Å². The summed E-state index contributed by atoms with van der Waals surface area (Å²) < 4.78 is 0. The molecule has 0 bridgehead atoms. The van der Waals surface area contributed by atoms with Crippen LogP contribution >= 0.6 is 0 Å². The highest BCUT2D eigenvalue weighted by Crippen LogP contribution is 2.48. The molecule has 4 aromatic carbocycles. The van der Waals surface area contributed by atoms with Gasteiger partial charge in [0.1, 0.15) is 47.1 Å². The number of rotatable bonds is 8. The zero-order chi connectivity index (χ0) is 48.7. The number of nitriles is 4. The van der Waals surface area contributed by atoms with Crippen LogP contribution in [0, 0.1) is 45.3 Å². The molecule has 0 unspecified atom stereocenters. The van der Waals surface area contributed by atoms with Crippen LogP contribution in [0.3, 0.4) is 0 Å². The van der Waals surface area contributed by atoms with Crippen LogP contribution in [0.5, 0.6) is 0 Å². The van der Waals surface area contributed by atoms with Crippen LogP contribution in [-0.4, -0.2) is 39.9 Å². The Labute approximate surface area is 411 Å². The lowest BCUT2D eigenvalue weighted by Crippen LogP contribution is -1.96. The number of benzene rings is 4. The third kappa shape index (κ3) is 7.49. The summed E-state index contributed by atoms with van der Waals surface area (Å²) in [6, 6.07) is 51.8. The first-order valence-corrected chi connectivity index (χ1v) is 22.6. The van der Waals surface area contributed by atoms with Gasteiger partial charge in [-0.2, -0.15) is 21.0 Å². The van der Waals surface area contributed by atoms with Crippen LogP contribution in [-0.2, 0) is 0 Å². The van der Waals surface area contributed by atoms with Crippen LogP contribution in [0.4, 0.5) is 0 Å². The van der Waals surface area contributed by atoms with Gasteiger partial charge in [-0.1, -0.05) is 48.5 Å². The van der Waals surface area contributed by atoms with E-state index in [9.17, 15) is 21.0 Å². The maximum Gasteiger partial charge on any atom is 0.140 e. The molecule has 8 aromatic heterocycles. The van der Waals surface area contributed by atoms with Gasteiger partial charge >= 0.3 is 0 Å². The second-order valence-corrected chi connectivity index (χ2v) is 16.9. The Balaban J connectivity index is 1.08. The number of aromatic nitrogens is 8. The fourth-order valence-corrected chi connectivity index (χ4v) is 9.29. The minimum atomic E-state index is 0.335. The molecule has 0 aliphatic rings. The molecule has 0 spiro atoms. The third-order valence-corrected chi connectivity index (χ3v) is 12.9. The van der Waals surface area contributed by atoms with Crippen molar-refractivity contribution in [2.24, 2.45) is 0 Å². The lowest BCUT2D eigenvalue weighted by atomic mass is 9.82. The molecule has 12 heteroatoms. The molecular formula is C60H30N12. The molecule has 330 valence electrons. The predicted octanol–water partition coefficient (Wildman–Crippen LogP) is 12.6. The van der Waals surface area contributed by atoms with Crippen molar-refractivity contribution in [3.63, 3.8) is 0 Å². The maximum atomic E-state index is 9.34. The Hall–Kier alpha value is -10.9. The van der Waals surface area contributed by atoms with Gasteiger partial charge in [0.25, 0.3) is 0 Å². The summed E-state index contributed by atoms with van der Waals surface area (Å²) in [6.45, 7) is 0. The van der Waals surface area contributed by atoms with E-state index >= 15 is 0 Å². The van der Waals surface area contributed by atoms with E-state index in [0.29, 0.717) is 22.8 Å². The second kappa shape index (κ2) is 17.6. The van der Waals surface area contributed by atoms with Crippen molar-refractivity contribution in [1.82, 2.24) is 39.9 Å². The molecule has 12 rings (SSSR count). The van der Waals surface area contributed by atoms with Crippen molar-refractivity contribution < 1.29 is 0 Å². The third-order valence-electron chi connectivity index (χ3n) is 12.9. The largest absolute Gasteiger partial charge is 0.256 e. The fourth-order valence-electron chi connectivity index (χ4n) is 9.29. The maximum absolute atomic E-state index is 9.34. The molecular weight excluding hydrogens is 889 g/mol. The van der Waals surface area contributed by atoms with E-state index in [2.05, 4.69) is 105 Å². The topological polar surface area (TPSA) is 198 Å². The molecule has 8 heterocycles. The van der Waals surface area contributed by atoms with Crippen LogP contribution in [0.2, 0.25) is 0 Å². The molecule has 0 fully saturated rings. The number of hydrogen-bond acceptors (Lipinski definition) is 12. The van der Waals surface area contributed by atoms with Gasteiger partial charge in [0.05, 0.1) is 22.8 Å². The molecule has 0 saturated carbocycles. The van der Waals surface area contributed by atoms with Crippen LogP contribution < -0.4 is 0 Å². The van der Waals surface area contributed by atoms with Gasteiger partial charge in [-0.25, -0.2) is 19.9 Å². The zero-order valence-corrected chi connectivity index (χ0v) is 37.7. The smallest absolute Gasteiger partial charge is 0.140 e. The van der Waals surface area contributed by atoms with Gasteiger partial charge in [-0.05, 0) is 140 Å². The molecule has 12 nitrogen and oxygen atoms in total. The summed E-state index contributed by atoms with van der Waals surface area (Å²) in [5, 5.41) is 43.6. The first kappa shape index (κ1) is 42.4. The highest BCUT2D eigenvalue weighted by atomic mass is 14.7. The average Bonchev–Trinajstić information content (AvgIpc) is 3.46. The van der Waals surface area contributed by atoms with Crippen molar-refractivity contribution in [1.29, 1.82) is 21.0 Å². The minimum Gasteiger partial charge on any atom is -0.256 e. The van der Waals surface area contributed by atoms with E-state index in [0.717, 1.165) is 122 Å². The van der Waals surface area contributed by atoms with Gasteiger partial charge in [0.15, 0.2) is 0 Å². The number of nitrogens with zero attached hydrogens (tertiary/aromatic N) is 12. The Morgan fingerprint density at radius 1 is 0.236 bits per heavy atom. The molecule has 0 saturated heterocycles. The van der Waals surface area contributed by atoms with E-state index in [4.69, 9.17) is 19.9 Å². The summed E-state index contributed by atoms with van der Waals surface area (Å²) in [7, 11) is 0. The molecule has 0 amide bonds. The normalized spacial score (nSPS) is 11.0. The Bertz CT molecular complexity index is 3680. The van der Waals surface area contributed by atoms with Crippen molar-refractivity contribution in [3.8, 4) is 114 Å². The molecule has 0 N–H and O–H groups in total.